The Morgan fingerprint density at radius 1 is 1.35 bits per heavy atom. The summed E-state index contributed by atoms with van der Waals surface area (Å²) in [6, 6.07) is 6.31. The molecule has 0 saturated carbocycles. The summed E-state index contributed by atoms with van der Waals surface area (Å²) >= 11 is 3.53. The standard InChI is InChI=1S/C13H16BrN3/c1-10-3-4-12(9-13(10)14)16-6-8-17-7-5-15-11(17)2/h3-5,7,9,16H,6,8H2,1-2H3. The zero-order valence-electron chi connectivity index (χ0n) is 10.1. The summed E-state index contributed by atoms with van der Waals surface area (Å²) in [4.78, 5) is 4.20. The highest BCUT2D eigenvalue weighted by Gasteiger charge is 1.98. The topological polar surface area (TPSA) is 29.9 Å². The van der Waals surface area contributed by atoms with Gasteiger partial charge in [0, 0.05) is 35.6 Å². The number of imidazole rings is 1. The van der Waals surface area contributed by atoms with E-state index in [1.807, 2.05) is 19.3 Å². The van der Waals surface area contributed by atoms with E-state index in [0.717, 1.165) is 29.1 Å². The smallest absolute Gasteiger partial charge is 0.105 e. The zero-order chi connectivity index (χ0) is 12.3. The Bertz CT molecular complexity index is 505. The monoisotopic (exact) mass is 293 g/mol. The van der Waals surface area contributed by atoms with E-state index in [2.05, 4.69) is 55.9 Å². The van der Waals surface area contributed by atoms with E-state index in [4.69, 9.17) is 0 Å². The molecule has 17 heavy (non-hydrogen) atoms. The van der Waals surface area contributed by atoms with Crippen LogP contribution < -0.4 is 5.32 Å². The number of hydrogen-bond donors (Lipinski definition) is 1. The number of aromatic nitrogens is 2. The van der Waals surface area contributed by atoms with Crippen LogP contribution in [0.15, 0.2) is 35.1 Å². The Labute approximate surface area is 110 Å². The van der Waals surface area contributed by atoms with Gasteiger partial charge in [0.2, 0.25) is 0 Å². The molecule has 0 aliphatic heterocycles. The van der Waals surface area contributed by atoms with E-state index < -0.39 is 0 Å². The molecule has 90 valence electrons. The van der Waals surface area contributed by atoms with Gasteiger partial charge in [0.15, 0.2) is 0 Å². The van der Waals surface area contributed by atoms with E-state index in [1.54, 1.807) is 0 Å². The molecule has 0 saturated heterocycles. The van der Waals surface area contributed by atoms with Crippen LogP contribution >= 0.6 is 15.9 Å². The first-order valence-corrected chi connectivity index (χ1v) is 6.44. The van der Waals surface area contributed by atoms with E-state index in [-0.39, 0.29) is 0 Å². The van der Waals surface area contributed by atoms with Crippen LogP contribution in [0.25, 0.3) is 0 Å². The fourth-order valence-corrected chi connectivity index (χ4v) is 2.04. The van der Waals surface area contributed by atoms with Gasteiger partial charge in [0.05, 0.1) is 0 Å². The van der Waals surface area contributed by atoms with Gasteiger partial charge < -0.3 is 9.88 Å². The highest BCUT2D eigenvalue weighted by atomic mass is 79.9. The lowest BCUT2D eigenvalue weighted by Gasteiger charge is -2.09. The number of hydrogen-bond acceptors (Lipinski definition) is 2. The first kappa shape index (κ1) is 12.2. The maximum atomic E-state index is 4.20. The van der Waals surface area contributed by atoms with Gasteiger partial charge >= 0.3 is 0 Å². The number of aryl methyl sites for hydroxylation is 2. The Balaban J connectivity index is 1.90. The number of nitrogens with one attached hydrogen (secondary N) is 1. The average molecular weight is 294 g/mol. The minimum absolute atomic E-state index is 0.896. The Hall–Kier alpha value is -1.29. The van der Waals surface area contributed by atoms with Gasteiger partial charge in [0.25, 0.3) is 0 Å². The summed E-state index contributed by atoms with van der Waals surface area (Å²) in [6.45, 7) is 5.93. The van der Waals surface area contributed by atoms with Gasteiger partial charge in [-0.25, -0.2) is 4.98 Å². The van der Waals surface area contributed by atoms with Gasteiger partial charge in [0.1, 0.15) is 5.82 Å². The number of benzene rings is 1. The van der Waals surface area contributed by atoms with Crippen molar-refractivity contribution in [3.8, 4) is 0 Å². The average Bonchev–Trinajstić information content (AvgIpc) is 2.70. The Morgan fingerprint density at radius 3 is 2.82 bits per heavy atom. The normalized spacial score (nSPS) is 10.5. The van der Waals surface area contributed by atoms with Crippen molar-refractivity contribution in [3.05, 3.63) is 46.5 Å². The van der Waals surface area contributed by atoms with Crippen molar-refractivity contribution in [2.24, 2.45) is 0 Å². The van der Waals surface area contributed by atoms with E-state index in [9.17, 15) is 0 Å². The minimum atomic E-state index is 0.896. The molecule has 0 fully saturated rings. The molecule has 0 unspecified atom stereocenters. The molecule has 1 heterocycles. The number of rotatable bonds is 4. The molecule has 0 aliphatic rings. The van der Waals surface area contributed by atoms with E-state index in [0.29, 0.717) is 0 Å². The molecule has 0 bridgehead atoms. The van der Waals surface area contributed by atoms with Crippen LogP contribution in [0.4, 0.5) is 5.69 Å². The van der Waals surface area contributed by atoms with Crippen molar-refractivity contribution in [3.63, 3.8) is 0 Å². The molecule has 2 rings (SSSR count). The maximum Gasteiger partial charge on any atom is 0.105 e. The summed E-state index contributed by atoms with van der Waals surface area (Å²) in [7, 11) is 0. The number of halogens is 1. The third kappa shape index (κ3) is 3.09. The van der Waals surface area contributed by atoms with Crippen LogP contribution in [0.3, 0.4) is 0 Å². The van der Waals surface area contributed by atoms with Crippen molar-refractivity contribution in [1.29, 1.82) is 0 Å². The molecule has 0 aliphatic carbocycles. The summed E-state index contributed by atoms with van der Waals surface area (Å²) < 4.78 is 3.28. The summed E-state index contributed by atoms with van der Waals surface area (Å²) in [5, 5.41) is 3.40. The molecule has 1 N–H and O–H groups in total. The third-order valence-corrected chi connectivity index (χ3v) is 3.63. The largest absolute Gasteiger partial charge is 0.383 e. The molecule has 1 aromatic carbocycles. The Kier molecular flexibility index (Phi) is 3.84. The fraction of sp³-hybridized carbons (Fsp3) is 0.308. The predicted molar refractivity (Wildman–Crippen MR) is 74.3 cm³/mol. The quantitative estimate of drug-likeness (QED) is 0.937. The van der Waals surface area contributed by atoms with Crippen LogP contribution in [0.2, 0.25) is 0 Å². The molecule has 0 amide bonds. The SMILES string of the molecule is Cc1ccc(NCCn2ccnc2C)cc1Br. The molecule has 4 heteroatoms. The molecule has 0 spiro atoms. The molecule has 1 aromatic heterocycles. The third-order valence-electron chi connectivity index (χ3n) is 2.78. The van der Waals surface area contributed by atoms with Gasteiger partial charge in [-0.1, -0.05) is 22.0 Å². The van der Waals surface area contributed by atoms with Crippen LogP contribution in [0.5, 0.6) is 0 Å². The molecule has 2 aromatic rings. The van der Waals surface area contributed by atoms with E-state index in [1.165, 1.54) is 5.56 Å². The first-order chi connectivity index (χ1) is 8.16. The van der Waals surface area contributed by atoms with Gasteiger partial charge in [-0.05, 0) is 31.5 Å². The van der Waals surface area contributed by atoms with Crippen LogP contribution in [-0.2, 0) is 6.54 Å². The first-order valence-electron chi connectivity index (χ1n) is 5.64. The van der Waals surface area contributed by atoms with Gasteiger partial charge in [-0.3, -0.25) is 0 Å². The molecular weight excluding hydrogens is 278 g/mol. The van der Waals surface area contributed by atoms with Crippen LogP contribution in [0.1, 0.15) is 11.4 Å². The lowest BCUT2D eigenvalue weighted by atomic mass is 10.2. The predicted octanol–water partition coefficient (Wildman–Crippen LogP) is 3.37. The summed E-state index contributed by atoms with van der Waals surface area (Å²) in [5.41, 5.74) is 2.39. The lowest BCUT2D eigenvalue weighted by molar-refractivity contribution is 0.701. The minimum Gasteiger partial charge on any atom is -0.383 e. The van der Waals surface area contributed by atoms with Crippen molar-refractivity contribution in [2.45, 2.75) is 20.4 Å². The Morgan fingerprint density at radius 2 is 2.18 bits per heavy atom. The number of nitrogens with zero attached hydrogens (tertiary/aromatic N) is 2. The van der Waals surface area contributed by atoms with Gasteiger partial charge in [-0.15, -0.1) is 0 Å². The van der Waals surface area contributed by atoms with Crippen molar-refractivity contribution in [2.75, 3.05) is 11.9 Å². The molecular formula is C13H16BrN3. The second-order valence-corrected chi connectivity index (χ2v) is 4.91. The van der Waals surface area contributed by atoms with Crippen LogP contribution in [-0.4, -0.2) is 16.1 Å². The lowest BCUT2D eigenvalue weighted by Crippen LogP contribution is -2.11. The molecule has 0 atom stereocenters. The fourth-order valence-electron chi connectivity index (χ4n) is 1.66. The van der Waals surface area contributed by atoms with Crippen LogP contribution in [0, 0.1) is 13.8 Å². The second kappa shape index (κ2) is 5.36. The molecule has 3 nitrogen and oxygen atoms in total. The van der Waals surface area contributed by atoms with Gasteiger partial charge in [-0.2, -0.15) is 0 Å². The highest BCUT2D eigenvalue weighted by molar-refractivity contribution is 9.10. The second-order valence-electron chi connectivity index (χ2n) is 4.06. The maximum absolute atomic E-state index is 4.20. The molecule has 0 radical (unpaired) electrons. The summed E-state index contributed by atoms with van der Waals surface area (Å²) in [5.74, 6) is 1.05. The van der Waals surface area contributed by atoms with Crippen molar-refractivity contribution >= 4 is 21.6 Å². The van der Waals surface area contributed by atoms with Crippen molar-refractivity contribution in [1.82, 2.24) is 9.55 Å². The highest BCUT2D eigenvalue weighted by Crippen LogP contribution is 2.20. The zero-order valence-corrected chi connectivity index (χ0v) is 11.7. The van der Waals surface area contributed by atoms with E-state index >= 15 is 0 Å². The summed E-state index contributed by atoms with van der Waals surface area (Å²) in [6.07, 6.45) is 3.83. The van der Waals surface area contributed by atoms with Crippen molar-refractivity contribution < 1.29 is 0 Å². The number of anilines is 1.